The summed E-state index contributed by atoms with van der Waals surface area (Å²) in [6.45, 7) is 2.16. The average molecular weight is 428 g/mol. The van der Waals surface area contributed by atoms with Crippen molar-refractivity contribution in [3.05, 3.63) is 115 Å². The van der Waals surface area contributed by atoms with Crippen LogP contribution in [0, 0.1) is 6.92 Å². The maximum Gasteiger partial charge on any atom is 0.0705 e. The second-order valence-electron chi connectivity index (χ2n) is 8.11. The molecule has 0 radical (unpaired) electrons. The molecule has 2 heteroatoms. The zero-order valence-corrected chi connectivity index (χ0v) is 18.6. The van der Waals surface area contributed by atoms with Crippen molar-refractivity contribution in [2.75, 3.05) is 0 Å². The third-order valence-corrected chi connectivity index (χ3v) is 7.29. The predicted octanol–water partition coefficient (Wildman–Crippen LogP) is 8.76. The monoisotopic (exact) mass is 427 g/mol. The van der Waals surface area contributed by atoms with Gasteiger partial charge in [0.15, 0.2) is 0 Å². The van der Waals surface area contributed by atoms with Crippen molar-refractivity contribution in [1.82, 2.24) is 4.98 Å². The van der Waals surface area contributed by atoms with Gasteiger partial charge in [0.1, 0.15) is 0 Å². The molecule has 0 bridgehead atoms. The van der Waals surface area contributed by atoms with E-state index in [1.165, 1.54) is 48.0 Å². The van der Waals surface area contributed by atoms with E-state index in [4.69, 9.17) is 4.98 Å². The van der Waals surface area contributed by atoms with Gasteiger partial charge in [0.2, 0.25) is 0 Å². The summed E-state index contributed by atoms with van der Waals surface area (Å²) < 4.78 is 2.65. The van der Waals surface area contributed by atoms with Gasteiger partial charge in [0.05, 0.1) is 5.69 Å². The summed E-state index contributed by atoms with van der Waals surface area (Å²) in [7, 11) is 0. The Morgan fingerprint density at radius 2 is 1.31 bits per heavy atom. The Hall–Kier alpha value is -3.75. The normalized spacial score (nSPS) is 11.3. The minimum Gasteiger partial charge on any atom is -0.256 e. The highest BCUT2D eigenvalue weighted by Crippen LogP contribution is 2.41. The van der Waals surface area contributed by atoms with Gasteiger partial charge >= 0.3 is 0 Å². The van der Waals surface area contributed by atoms with Gasteiger partial charge < -0.3 is 0 Å². The van der Waals surface area contributed by atoms with Crippen LogP contribution < -0.4 is 0 Å². The molecular formula is C30H21NS. The largest absolute Gasteiger partial charge is 0.256 e. The van der Waals surface area contributed by atoms with Gasteiger partial charge in [-0.1, -0.05) is 84.9 Å². The molecular weight excluding hydrogens is 406 g/mol. The minimum absolute atomic E-state index is 1.02. The van der Waals surface area contributed by atoms with Crippen LogP contribution >= 0.6 is 11.3 Å². The number of thiophene rings is 1. The zero-order chi connectivity index (χ0) is 21.5. The molecule has 6 rings (SSSR count). The van der Waals surface area contributed by atoms with Crippen molar-refractivity contribution in [2.24, 2.45) is 0 Å². The summed E-state index contributed by atoms with van der Waals surface area (Å²) in [5, 5.41) is 2.61. The topological polar surface area (TPSA) is 12.9 Å². The second kappa shape index (κ2) is 7.74. The molecule has 0 N–H and O–H groups in total. The molecule has 0 aliphatic heterocycles. The van der Waals surface area contributed by atoms with Crippen molar-refractivity contribution in [3.63, 3.8) is 0 Å². The van der Waals surface area contributed by atoms with Gasteiger partial charge in [-0.25, -0.2) is 0 Å². The Kier molecular flexibility index (Phi) is 4.59. The third kappa shape index (κ3) is 3.21. The van der Waals surface area contributed by atoms with Crippen LogP contribution in [-0.4, -0.2) is 4.98 Å². The fourth-order valence-electron chi connectivity index (χ4n) is 4.44. The van der Waals surface area contributed by atoms with Crippen LogP contribution in [0.1, 0.15) is 5.56 Å². The molecule has 0 aliphatic carbocycles. The summed E-state index contributed by atoms with van der Waals surface area (Å²) >= 11 is 1.87. The van der Waals surface area contributed by atoms with Crippen molar-refractivity contribution in [2.45, 2.75) is 6.92 Å². The Morgan fingerprint density at radius 3 is 2.03 bits per heavy atom. The highest BCUT2D eigenvalue weighted by molar-refractivity contribution is 7.26. The zero-order valence-electron chi connectivity index (χ0n) is 17.7. The molecule has 0 aliphatic rings. The van der Waals surface area contributed by atoms with Gasteiger partial charge in [-0.05, 0) is 47.4 Å². The number of aryl methyl sites for hydroxylation is 1. The molecule has 0 unspecified atom stereocenters. The van der Waals surface area contributed by atoms with E-state index in [1.807, 2.05) is 23.6 Å². The van der Waals surface area contributed by atoms with E-state index in [2.05, 4.69) is 104 Å². The molecule has 0 amide bonds. The van der Waals surface area contributed by atoms with Crippen molar-refractivity contribution in [1.29, 1.82) is 0 Å². The summed E-state index contributed by atoms with van der Waals surface area (Å²) in [6.07, 6.45) is 2.00. The van der Waals surface area contributed by atoms with E-state index >= 15 is 0 Å². The van der Waals surface area contributed by atoms with E-state index in [9.17, 15) is 0 Å². The number of pyridine rings is 1. The highest BCUT2D eigenvalue weighted by atomic mass is 32.1. The van der Waals surface area contributed by atoms with Crippen molar-refractivity contribution in [3.8, 4) is 33.5 Å². The molecule has 0 atom stereocenters. The standard InChI is InChI=1S/C30H21NS/c1-20-17-28(31-19-27(20)22-11-6-3-7-12-22)23-15-16-29-26(18-23)25-14-8-13-24(30(25)32-29)21-9-4-2-5-10-21/h2-19H,1H3. The SMILES string of the molecule is Cc1cc(-c2ccc3sc4c(-c5ccccc5)cccc4c3c2)ncc1-c1ccccc1. The van der Waals surface area contributed by atoms with Gasteiger partial charge in [0, 0.05) is 37.5 Å². The Labute approximate surface area is 191 Å². The van der Waals surface area contributed by atoms with E-state index < -0.39 is 0 Å². The second-order valence-corrected chi connectivity index (χ2v) is 9.16. The first-order valence-electron chi connectivity index (χ1n) is 10.8. The third-order valence-electron chi connectivity index (χ3n) is 6.07. The lowest BCUT2D eigenvalue weighted by molar-refractivity contribution is 1.29. The lowest BCUT2D eigenvalue weighted by atomic mass is 9.99. The van der Waals surface area contributed by atoms with Gasteiger partial charge in [-0.15, -0.1) is 11.3 Å². The fraction of sp³-hybridized carbons (Fsp3) is 0.0333. The van der Waals surface area contributed by atoms with Gasteiger partial charge in [-0.2, -0.15) is 0 Å². The Bertz CT molecular complexity index is 1560. The number of hydrogen-bond acceptors (Lipinski definition) is 2. The van der Waals surface area contributed by atoms with E-state index in [0.717, 1.165) is 11.3 Å². The van der Waals surface area contributed by atoms with Gasteiger partial charge in [0.25, 0.3) is 0 Å². The smallest absolute Gasteiger partial charge is 0.0705 e. The molecule has 0 saturated heterocycles. The molecule has 1 nitrogen and oxygen atoms in total. The first-order chi connectivity index (χ1) is 15.8. The molecule has 0 spiro atoms. The maximum absolute atomic E-state index is 4.83. The summed E-state index contributed by atoms with van der Waals surface area (Å²) in [5.74, 6) is 0. The maximum atomic E-state index is 4.83. The fourth-order valence-corrected chi connectivity index (χ4v) is 5.66. The number of rotatable bonds is 3. The number of benzene rings is 4. The average Bonchev–Trinajstić information content (AvgIpc) is 3.23. The molecule has 0 saturated carbocycles. The van der Waals surface area contributed by atoms with Crippen LogP contribution in [0.5, 0.6) is 0 Å². The molecule has 152 valence electrons. The lowest BCUT2D eigenvalue weighted by Crippen LogP contribution is -1.89. The molecule has 0 fully saturated rings. The summed E-state index contributed by atoms with van der Waals surface area (Å²) in [4.78, 5) is 4.83. The van der Waals surface area contributed by atoms with Crippen LogP contribution in [0.4, 0.5) is 0 Å². The Morgan fingerprint density at radius 1 is 0.594 bits per heavy atom. The molecule has 2 heterocycles. The first kappa shape index (κ1) is 19.0. The van der Waals surface area contributed by atoms with Crippen LogP contribution in [0.2, 0.25) is 0 Å². The molecule has 4 aromatic carbocycles. The number of nitrogens with zero attached hydrogens (tertiary/aromatic N) is 1. The van der Waals surface area contributed by atoms with Crippen molar-refractivity contribution >= 4 is 31.5 Å². The molecule has 6 aromatic rings. The number of fused-ring (bicyclic) bond motifs is 3. The van der Waals surface area contributed by atoms with Gasteiger partial charge in [-0.3, -0.25) is 4.98 Å². The Balaban J connectivity index is 1.47. The molecule has 32 heavy (non-hydrogen) atoms. The van der Waals surface area contributed by atoms with Crippen molar-refractivity contribution < 1.29 is 0 Å². The summed E-state index contributed by atoms with van der Waals surface area (Å²) in [5.41, 5.74) is 8.36. The molecule has 2 aromatic heterocycles. The van der Waals surface area contributed by atoms with Crippen LogP contribution in [0.15, 0.2) is 109 Å². The lowest BCUT2D eigenvalue weighted by Gasteiger charge is -2.09. The van der Waals surface area contributed by atoms with E-state index in [1.54, 1.807) is 0 Å². The van der Waals surface area contributed by atoms with E-state index in [-0.39, 0.29) is 0 Å². The minimum atomic E-state index is 1.02. The summed E-state index contributed by atoms with van der Waals surface area (Å²) in [6, 6.07) is 36.7. The number of aromatic nitrogens is 1. The number of hydrogen-bond donors (Lipinski definition) is 0. The van der Waals surface area contributed by atoms with E-state index in [0.29, 0.717) is 0 Å². The van der Waals surface area contributed by atoms with Crippen LogP contribution in [0.3, 0.4) is 0 Å². The van der Waals surface area contributed by atoms with Crippen LogP contribution in [0.25, 0.3) is 53.7 Å². The highest BCUT2D eigenvalue weighted by Gasteiger charge is 2.12. The first-order valence-corrected chi connectivity index (χ1v) is 11.6. The predicted molar refractivity (Wildman–Crippen MR) is 138 cm³/mol. The quantitative estimate of drug-likeness (QED) is 0.275. The van der Waals surface area contributed by atoms with Crippen LogP contribution in [-0.2, 0) is 0 Å².